The maximum atomic E-state index is 13.4. The molecule has 0 aromatic heterocycles. The van der Waals surface area contributed by atoms with Gasteiger partial charge in [-0.15, -0.1) is 0 Å². The second kappa shape index (κ2) is 9.11. The van der Waals surface area contributed by atoms with Gasteiger partial charge in [0.1, 0.15) is 12.4 Å². The molecule has 2 aromatic carbocycles. The van der Waals surface area contributed by atoms with Gasteiger partial charge in [-0.25, -0.2) is 4.39 Å². The third-order valence-corrected chi connectivity index (χ3v) is 5.07. The van der Waals surface area contributed by atoms with Crippen LogP contribution in [0.3, 0.4) is 0 Å². The van der Waals surface area contributed by atoms with Crippen molar-refractivity contribution in [3.05, 3.63) is 65.5 Å². The van der Waals surface area contributed by atoms with E-state index in [1.165, 1.54) is 11.6 Å². The quantitative estimate of drug-likeness (QED) is 0.776. The summed E-state index contributed by atoms with van der Waals surface area (Å²) < 4.78 is 18.5. The Morgan fingerprint density at radius 3 is 2.52 bits per heavy atom. The Hall–Kier alpha value is -2.24. The topological polar surface area (TPSA) is 32.8 Å². The van der Waals surface area contributed by atoms with E-state index < -0.39 is 0 Å². The number of hydrogen-bond acceptors (Lipinski definition) is 3. The van der Waals surface area contributed by atoms with Gasteiger partial charge in [-0.05, 0) is 49.6 Å². The fourth-order valence-electron chi connectivity index (χ4n) is 3.69. The van der Waals surface area contributed by atoms with Crippen molar-refractivity contribution in [3.8, 4) is 0 Å². The smallest absolute Gasteiger partial charge is 0.253 e. The first-order chi connectivity index (χ1) is 13.1. The summed E-state index contributed by atoms with van der Waals surface area (Å²) in [5.74, 6) is -0.206. The van der Waals surface area contributed by atoms with E-state index in [1.807, 2.05) is 42.2 Å². The van der Waals surface area contributed by atoms with Gasteiger partial charge in [0, 0.05) is 38.5 Å². The molecule has 0 aliphatic carbocycles. The predicted octanol–water partition coefficient (Wildman–Crippen LogP) is 3.78. The Bertz CT molecular complexity index is 755. The number of ether oxygens (including phenoxy) is 1. The van der Waals surface area contributed by atoms with Crippen LogP contribution in [-0.4, -0.2) is 43.7 Å². The van der Waals surface area contributed by atoms with E-state index in [-0.39, 0.29) is 24.4 Å². The Morgan fingerprint density at radius 2 is 1.89 bits per heavy atom. The lowest BCUT2D eigenvalue weighted by Gasteiger charge is -2.38. The summed E-state index contributed by atoms with van der Waals surface area (Å²) in [7, 11) is 1.55. The van der Waals surface area contributed by atoms with Crippen molar-refractivity contribution >= 4 is 11.6 Å². The molecule has 0 radical (unpaired) electrons. The molecule has 27 heavy (non-hydrogen) atoms. The van der Waals surface area contributed by atoms with E-state index in [2.05, 4.69) is 4.90 Å². The normalized spacial score (nSPS) is 15.7. The highest BCUT2D eigenvalue weighted by molar-refractivity contribution is 5.94. The third kappa shape index (κ3) is 5.15. The summed E-state index contributed by atoms with van der Waals surface area (Å²) >= 11 is 0. The third-order valence-electron chi connectivity index (χ3n) is 5.07. The average molecular weight is 370 g/mol. The molecule has 0 N–H and O–H groups in total. The number of aryl methyl sites for hydroxylation is 1. The lowest BCUT2D eigenvalue weighted by Crippen LogP contribution is -2.48. The van der Waals surface area contributed by atoms with Crippen LogP contribution in [0.5, 0.6) is 0 Å². The molecule has 0 spiro atoms. The minimum atomic E-state index is -0.196. The molecule has 1 saturated heterocycles. The molecule has 1 aliphatic heterocycles. The van der Waals surface area contributed by atoms with E-state index >= 15 is 0 Å². The summed E-state index contributed by atoms with van der Waals surface area (Å²) in [5.41, 5.74) is 3.08. The minimum Gasteiger partial charge on any atom is -0.375 e. The number of piperidine rings is 1. The molecule has 0 unspecified atom stereocenters. The highest BCUT2D eigenvalue weighted by Gasteiger charge is 2.29. The van der Waals surface area contributed by atoms with Crippen molar-refractivity contribution in [2.24, 2.45) is 0 Å². The summed E-state index contributed by atoms with van der Waals surface area (Å²) in [6.45, 7) is 4.61. The molecule has 144 valence electrons. The van der Waals surface area contributed by atoms with Crippen molar-refractivity contribution in [2.75, 3.05) is 31.7 Å². The van der Waals surface area contributed by atoms with Crippen LogP contribution in [-0.2, 0) is 16.1 Å². The molecule has 0 atom stereocenters. The summed E-state index contributed by atoms with van der Waals surface area (Å²) in [6, 6.07) is 15.0. The maximum Gasteiger partial charge on any atom is 0.253 e. The summed E-state index contributed by atoms with van der Waals surface area (Å²) in [4.78, 5) is 16.9. The number of anilines is 1. The lowest BCUT2D eigenvalue weighted by atomic mass is 10.0. The van der Waals surface area contributed by atoms with E-state index in [9.17, 15) is 9.18 Å². The zero-order valence-corrected chi connectivity index (χ0v) is 16.0. The average Bonchev–Trinajstić information content (AvgIpc) is 2.65. The summed E-state index contributed by atoms with van der Waals surface area (Å²) in [5, 5.41) is 0. The van der Waals surface area contributed by atoms with Crippen molar-refractivity contribution in [3.63, 3.8) is 0 Å². The van der Waals surface area contributed by atoms with E-state index in [0.29, 0.717) is 0 Å². The van der Waals surface area contributed by atoms with Crippen LogP contribution in [0.4, 0.5) is 10.1 Å². The van der Waals surface area contributed by atoms with Crippen molar-refractivity contribution < 1.29 is 13.9 Å². The number of rotatable bonds is 6. The fraction of sp³-hybridized carbons (Fsp3) is 0.409. The molecule has 1 amide bonds. The van der Waals surface area contributed by atoms with Crippen molar-refractivity contribution in [1.29, 1.82) is 0 Å². The fourth-order valence-corrected chi connectivity index (χ4v) is 3.69. The van der Waals surface area contributed by atoms with Gasteiger partial charge in [-0.3, -0.25) is 9.69 Å². The predicted molar refractivity (Wildman–Crippen MR) is 105 cm³/mol. The van der Waals surface area contributed by atoms with Crippen LogP contribution in [0, 0.1) is 12.7 Å². The van der Waals surface area contributed by atoms with Gasteiger partial charge < -0.3 is 9.64 Å². The monoisotopic (exact) mass is 370 g/mol. The first kappa shape index (κ1) is 19.5. The Morgan fingerprint density at radius 1 is 1.19 bits per heavy atom. The van der Waals surface area contributed by atoms with E-state index in [4.69, 9.17) is 4.74 Å². The number of methoxy groups -OCH3 is 1. The number of likely N-dealkylation sites (tertiary alicyclic amines) is 1. The number of carbonyl (C=O) groups is 1. The van der Waals surface area contributed by atoms with Gasteiger partial charge in [-0.1, -0.05) is 29.8 Å². The number of amides is 1. The highest BCUT2D eigenvalue weighted by Crippen LogP contribution is 2.25. The van der Waals surface area contributed by atoms with Gasteiger partial charge in [0.2, 0.25) is 0 Å². The van der Waals surface area contributed by atoms with Crippen LogP contribution in [0.2, 0.25) is 0 Å². The first-order valence-corrected chi connectivity index (χ1v) is 9.41. The van der Waals surface area contributed by atoms with Crippen molar-refractivity contribution in [1.82, 2.24) is 4.90 Å². The number of benzene rings is 2. The molecule has 3 rings (SSSR count). The van der Waals surface area contributed by atoms with Crippen LogP contribution in [0.1, 0.15) is 24.0 Å². The van der Waals surface area contributed by atoms with E-state index in [0.717, 1.165) is 43.7 Å². The van der Waals surface area contributed by atoms with Crippen LogP contribution >= 0.6 is 0 Å². The standard InChI is InChI=1S/C22H27FN2O2/c1-17-6-8-20(9-7-17)25(22(26)16-27-2)21-10-12-24(13-11-21)15-18-4-3-5-19(23)14-18/h3-9,14,21H,10-13,15-16H2,1-2H3. The Balaban J connectivity index is 1.66. The number of carbonyl (C=O) groups excluding carboxylic acids is 1. The van der Waals surface area contributed by atoms with Gasteiger partial charge in [0.25, 0.3) is 5.91 Å². The zero-order valence-electron chi connectivity index (χ0n) is 16.0. The Labute approximate surface area is 160 Å². The number of nitrogens with zero attached hydrogens (tertiary/aromatic N) is 2. The molecule has 0 saturated carbocycles. The molecule has 2 aromatic rings. The number of hydrogen-bond donors (Lipinski definition) is 0. The minimum absolute atomic E-state index is 0.00932. The SMILES string of the molecule is COCC(=O)N(c1ccc(C)cc1)C1CCN(Cc2cccc(F)c2)CC1. The lowest BCUT2D eigenvalue weighted by molar-refractivity contribution is -0.122. The van der Waals surface area contributed by atoms with Gasteiger partial charge in [0.15, 0.2) is 0 Å². The molecule has 1 aliphatic rings. The molecule has 1 fully saturated rings. The van der Waals surface area contributed by atoms with Crippen LogP contribution < -0.4 is 4.90 Å². The molecule has 4 nitrogen and oxygen atoms in total. The second-order valence-electron chi connectivity index (χ2n) is 7.17. The highest BCUT2D eigenvalue weighted by atomic mass is 19.1. The molecule has 1 heterocycles. The van der Waals surface area contributed by atoms with Gasteiger partial charge in [-0.2, -0.15) is 0 Å². The van der Waals surface area contributed by atoms with Gasteiger partial charge >= 0.3 is 0 Å². The first-order valence-electron chi connectivity index (χ1n) is 9.41. The Kier molecular flexibility index (Phi) is 6.58. The maximum absolute atomic E-state index is 13.4. The number of halogens is 1. The second-order valence-corrected chi connectivity index (χ2v) is 7.17. The van der Waals surface area contributed by atoms with E-state index in [1.54, 1.807) is 19.2 Å². The van der Waals surface area contributed by atoms with Crippen molar-refractivity contribution in [2.45, 2.75) is 32.4 Å². The zero-order chi connectivity index (χ0) is 19.2. The van der Waals surface area contributed by atoms with Crippen LogP contribution in [0.15, 0.2) is 48.5 Å². The largest absolute Gasteiger partial charge is 0.375 e. The molecule has 0 bridgehead atoms. The molecular weight excluding hydrogens is 343 g/mol. The van der Waals surface area contributed by atoms with Crippen LogP contribution in [0.25, 0.3) is 0 Å². The van der Waals surface area contributed by atoms with Gasteiger partial charge in [0.05, 0.1) is 0 Å². The summed E-state index contributed by atoms with van der Waals surface area (Å²) in [6.07, 6.45) is 1.78. The molecule has 5 heteroatoms. The molecular formula is C22H27FN2O2.